The van der Waals surface area contributed by atoms with E-state index in [1.54, 1.807) is 13.0 Å². The summed E-state index contributed by atoms with van der Waals surface area (Å²) in [5, 5.41) is 6.87. The van der Waals surface area contributed by atoms with Crippen molar-refractivity contribution in [2.24, 2.45) is 0 Å². The number of rotatable bonds is 4. The number of nitrogens with zero attached hydrogens (tertiary/aromatic N) is 2. The maximum Gasteiger partial charge on any atom is 0.267 e. The minimum Gasteiger partial charge on any atom is -0.495 e. The molecule has 1 heterocycles. The molecule has 2 aromatic rings. The van der Waals surface area contributed by atoms with Crippen LogP contribution in [0.4, 0.5) is 5.69 Å². The van der Waals surface area contributed by atoms with Crippen LogP contribution in [0.15, 0.2) is 29.1 Å². The predicted molar refractivity (Wildman–Crippen MR) is 84.3 cm³/mol. The zero-order valence-corrected chi connectivity index (χ0v) is 13.1. The average molecular weight is 301 g/mol. The van der Waals surface area contributed by atoms with Gasteiger partial charge in [-0.25, -0.2) is 4.68 Å². The number of ether oxygens (including phenoxy) is 1. The van der Waals surface area contributed by atoms with Crippen LogP contribution in [0.25, 0.3) is 0 Å². The van der Waals surface area contributed by atoms with Gasteiger partial charge in [-0.15, -0.1) is 0 Å². The second-order valence-corrected chi connectivity index (χ2v) is 5.16. The fraction of sp³-hybridized carbons (Fsp3) is 0.312. The maximum absolute atomic E-state index is 12.1. The quantitative estimate of drug-likeness (QED) is 0.935. The summed E-state index contributed by atoms with van der Waals surface area (Å²) in [5.74, 6) is 0.237. The van der Waals surface area contributed by atoms with Crippen molar-refractivity contribution >= 4 is 11.6 Å². The Hall–Kier alpha value is -2.63. The molecule has 1 aromatic carbocycles. The van der Waals surface area contributed by atoms with Gasteiger partial charge in [0.25, 0.3) is 5.56 Å². The van der Waals surface area contributed by atoms with Crippen molar-refractivity contribution in [2.45, 2.75) is 27.3 Å². The Kier molecular flexibility index (Phi) is 4.60. The van der Waals surface area contributed by atoms with E-state index < -0.39 is 0 Å². The summed E-state index contributed by atoms with van der Waals surface area (Å²) >= 11 is 0. The molecule has 2 rings (SSSR count). The third kappa shape index (κ3) is 3.52. The molecular formula is C16H19N3O3. The van der Waals surface area contributed by atoms with Gasteiger partial charge in [-0.05, 0) is 44.0 Å². The molecular weight excluding hydrogens is 282 g/mol. The SMILES string of the molecule is COc1ccc(C)cc1NC(=O)Cn1nc(C)c(C)cc1=O. The summed E-state index contributed by atoms with van der Waals surface area (Å²) in [6.07, 6.45) is 0. The first-order chi connectivity index (χ1) is 10.4. The number of anilines is 1. The molecule has 0 saturated carbocycles. The molecule has 1 N–H and O–H groups in total. The molecule has 0 aliphatic rings. The second kappa shape index (κ2) is 6.43. The van der Waals surface area contributed by atoms with E-state index in [1.165, 1.54) is 13.2 Å². The molecule has 0 fully saturated rings. The number of nitrogens with one attached hydrogen (secondary N) is 1. The van der Waals surface area contributed by atoms with Gasteiger partial charge in [0.05, 0.1) is 18.5 Å². The molecule has 0 radical (unpaired) electrons. The summed E-state index contributed by atoms with van der Waals surface area (Å²) in [6.45, 7) is 5.39. The van der Waals surface area contributed by atoms with E-state index >= 15 is 0 Å². The van der Waals surface area contributed by atoms with Crippen LogP contribution in [-0.2, 0) is 11.3 Å². The van der Waals surface area contributed by atoms with Gasteiger partial charge in [0.1, 0.15) is 12.3 Å². The van der Waals surface area contributed by atoms with Crippen molar-refractivity contribution in [2.75, 3.05) is 12.4 Å². The monoisotopic (exact) mass is 301 g/mol. The van der Waals surface area contributed by atoms with E-state index in [9.17, 15) is 9.59 Å². The van der Waals surface area contributed by atoms with Crippen LogP contribution in [0, 0.1) is 20.8 Å². The van der Waals surface area contributed by atoms with Crippen molar-refractivity contribution in [1.29, 1.82) is 0 Å². The number of methoxy groups -OCH3 is 1. The van der Waals surface area contributed by atoms with Gasteiger partial charge in [0, 0.05) is 6.07 Å². The van der Waals surface area contributed by atoms with E-state index in [1.807, 2.05) is 26.0 Å². The molecule has 116 valence electrons. The van der Waals surface area contributed by atoms with Crippen LogP contribution < -0.4 is 15.6 Å². The molecule has 0 atom stereocenters. The second-order valence-electron chi connectivity index (χ2n) is 5.16. The van der Waals surface area contributed by atoms with Crippen LogP contribution in [-0.4, -0.2) is 22.8 Å². The fourth-order valence-corrected chi connectivity index (χ4v) is 2.03. The highest BCUT2D eigenvalue weighted by Crippen LogP contribution is 2.25. The van der Waals surface area contributed by atoms with E-state index in [0.717, 1.165) is 21.5 Å². The lowest BCUT2D eigenvalue weighted by Gasteiger charge is -2.12. The number of aromatic nitrogens is 2. The van der Waals surface area contributed by atoms with Gasteiger partial charge >= 0.3 is 0 Å². The summed E-state index contributed by atoms with van der Waals surface area (Å²) in [5.41, 5.74) is 2.80. The van der Waals surface area contributed by atoms with Gasteiger partial charge in [-0.2, -0.15) is 5.10 Å². The molecule has 0 aliphatic carbocycles. The number of amides is 1. The van der Waals surface area contributed by atoms with E-state index in [0.29, 0.717) is 11.4 Å². The van der Waals surface area contributed by atoms with E-state index in [2.05, 4.69) is 10.4 Å². The lowest BCUT2D eigenvalue weighted by molar-refractivity contribution is -0.117. The minimum atomic E-state index is -0.332. The third-order valence-electron chi connectivity index (χ3n) is 3.36. The normalized spacial score (nSPS) is 10.4. The van der Waals surface area contributed by atoms with Crippen LogP contribution in [0.1, 0.15) is 16.8 Å². The Morgan fingerprint density at radius 1 is 1.27 bits per heavy atom. The van der Waals surface area contributed by atoms with Gasteiger partial charge < -0.3 is 10.1 Å². The Morgan fingerprint density at radius 3 is 2.68 bits per heavy atom. The van der Waals surface area contributed by atoms with Crippen molar-refractivity contribution < 1.29 is 9.53 Å². The zero-order valence-electron chi connectivity index (χ0n) is 13.1. The third-order valence-corrected chi connectivity index (χ3v) is 3.36. The highest BCUT2D eigenvalue weighted by atomic mass is 16.5. The fourth-order valence-electron chi connectivity index (χ4n) is 2.03. The Balaban J connectivity index is 2.19. The van der Waals surface area contributed by atoms with Gasteiger partial charge in [-0.3, -0.25) is 9.59 Å². The Labute approximate surface area is 128 Å². The number of aryl methyl sites for hydroxylation is 3. The Bertz CT molecular complexity index is 766. The summed E-state index contributed by atoms with van der Waals surface area (Å²) in [6, 6.07) is 6.96. The molecule has 22 heavy (non-hydrogen) atoms. The topological polar surface area (TPSA) is 73.2 Å². The first-order valence-electron chi connectivity index (χ1n) is 6.90. The van der Waals surface area contributed by atoms with Gasteiger partial charge in [0.15, 0.2) is 0 Å². The molecule has 6 heteroatoms. The van der Waals surface area contributed by atoms with Crippen LogP contribution in [0.5, 0.6) is 5.75 Å². The number of carbonyl (C=O) groups excluding carboxylic acids is 1. The van der Waals surface area contributed by atoms with Crippen molar-refractivity contribution in [3.8, 4) is 5.75 Å². The lowest BCUT2D eigenvalue weighted by atomic mass is 10.2. The molecule has 0 bridgehead atoms. The Morgan fingerprint density at radius 2 is 2.00 bits per heavy atom. The molecule has 1 aromatic heterocycles. The minimum absolute atomic E-state index is 0.142. The molecule has 0 unspecified atom stereocenters. The first kappa shape index (κ1) is 15.8. The number of carbonyl (C=O) groups is 1. The van der Waals surface area contributed by atoms with Gasteiger partial charge in [-0.1, -0.05) is 6.07 Å². The predicted octanol–water partition coefficient (Wildman–Crippen LogP) is 1.82. The van der Waals surface area contributed by atoms with Gasteiger partial charge in [0.2, 0.25) is 5.91 Å². The smallest absolute Gasteiger partial charge is 0.267 e. The van der Waals surface area contributed by atoms with Crippen LogP contribution in [0.3, 0.4) is 0 Å². The lowest BCUT2D eigenvalue weighted by Crippen LogP contribution is -2.30. The van der Waals surface area contributed by atoms with Crippen LogP contribution >= 0.6 is 0 Å². The highest BCUT2D eigenvalue weighted by Gasteiger charge is 2.11. The first-order valence-corrected chi connectivity index (χ1v) is 6.90. The molecule has 0 saturated heterocycles. The average Bonchev–Trinajstić information content (AvgIpc) is 2.45. The molecule has 0 spiro atoms. The highest BCUT2D eigenvalue weighted by molar-refractivity contribution is 5.92. The van der Waals surface area contributed by atoms with E-state index in [-0.39, 0.29) is 18.0 Å². The zero-order chi connectivity index (χ0) is 16.3. The summed E-state index contributed by atoms with van der Waals surface area (Å²) in [7, 11) is 1.54. The number of benzene rings is 1. The number of hydrogen-bond donors (Lipinski definition) is 1. The molecule has 0 aliphatic heterocycles. The van der Waals surface area contributed by atoms with Crippen molar-refractivity contribution in [3.63, 3.8) is 0 Å². The largest absolute Gasteiger partial charge is 0.495 e. The van der Waals surface area contributed by atoms with E-state index in [4.69, 9.17) is 4.74 Å². The van der Waals surface area contributed by atoms with Crippen molar-refractivity contribution in [3.05, 3.63) is 51.4 Å². The van der Waals surface area contributed by atoms with Crippen LogP contribution in [0.2, 0.25) is 0 Å². The maximum atomic E-state index is 12.1. The van der Waals surface area contributed by atoms with Crippen molar-refractivity contribution in [1.82, 2.24) is 9.78 Å². The molecule has 6 nitrogen and oxygen atoms in total. The summed E-state index contributed by atoms with van der Waals surface area (Å²) < 4.78 is 6.36. The summed E-state index contributed by atoms with van der Waals surface area (Å²) in [4.78, 5) is 24.0. The molecule has 1 amide bonds. The standard InChI is InChI=1S/C16H19N3O3/c1-10-5-6-14(22-4)13(7-10)17-15(20)9-19-16(21)8-11(2)12(3)18-19/h5-8H,9H2,1-4H3,(H,17,20). The number of hydrogen-bond acceptors (Lipinski definition) is 4.